The number of para-hydroxylation sites is 2. The van der Waals surface area contributed by atoms with E-state index in [1.54, 1.807) is 11.0 Å². The van der Waals surface area contributed by atoms with Crippen LogP contribution in [0.25, 0.3) is 0 Å². The van der Waals surface area contributed by atoms with E-state index in [9.17, 15) is 14.0 Å². The first-order valence-corrected chi connectivity index (χ1v) is 11.6. The van der Waals surface area contributed by atoms with Gasteiger partial charge in [0.05, 0.1) is 0 Å². The van der Waals surface area contributed by atoms with Gasteiger partial charge in [-0.25, -0.2) is 4.39 Å². The maximum Gasteiger partial charge on any atom is 0.267 e. The van der Waals surface area contributed by atoms with Crippen LogP contribution >= 0.6 is 0 Å². The summed E-state index contributed by atoms with van der Waals surface area (Å²) >= 11 is 0. The average Bonchev–Trinajstić information content (AvgIpc) is 2.90. The molecule has 2 aliphatic rings. The number of hydrogen-bond donors (Lipinski definition) is 1. The van der Waals surface area contributed by atoms with Crippen LogP contribution < -0.4 is 14.8 Å². The molecule has 0 bridgehead atoms. The zero-order valence-corrected chi connectivity index (χ0v) is 19.1. The number of nitrogens with zero attached hydrogens (tertiary/aromatic N) is 2. The molecule has 0 aliphatic carbocycles. The SMILES string of the molecule is O=C(Nc1ccc(F)cc1)[C@@H](c1ccccc1)N1CCN(C(=O)[C@@H]2COc3ccccc3O2)CC1. The molecule has 180 valence electrons. The summed E-state index contributed by atoms with van der Waals surface area (Å²) in [5.41, 5.74) is 1.38. The number of hydrogen-bond acceptors (Lipinski definition) is 5. The van der Waals surface area contributed by atoms with Gasteiger partial charge >= 0.3 is 0 Å². The van der Waals surface area contributed by atoms with Crippen molar-refractivity contribution in [2.45, 2.75) is 12.1 Å². The molecule has 2 aliphatic heterocycles. The number of fused-ring (bicyclic) bond motifs is 1. The summed E-state index contributed by atoms with van der Waals surface area (Å²) in [4.78, 5) is 30.2. The van der Waals surface area contributed by atoms with Gasteiger partial charge in [0.25, 0.3) is 5.91 Å². The fraction of sp³-hybridized carbons (Fsp3) is 0.259. The molecule has 7 nitrogen and oxygen atoms in total. The Labute approximate surface area is 203 Å². The lowest BCUT2D eigenvalue weighted by atomic mass is 10.0. The fourth-order valence-corrected chi connectivity index (χ4v) is 4.45. The summed E-state index contributed by atoms with van der Waals surface area (Å²) in [7, 11) is 0. The van der Waals surface area contributed by atoms with Crippen LogP contribution in [0, 0.1) is 5.82 Å². The van der Waals surface area contributed by atoms with E-state index in [2.05, 4.69) is 10.2 Å². The third kappa shape index (κ3) is 5.12. The Morgan fingerprint density at radius 3 is 2.23 bits per heavy atom. The van der Waals surface area contributed by atoms with Crippen LogP contribution in [0.4, 0.5) is 10.1 Å². The minimum atomic E-state index is -0.692. The number of nitrogens with one attached hydrogen (secondary N) is 1. The zero-order valence-electron chi connectivity index (χ0n) is 19.1. The Balaban J connectivity index is 1.25. The Kier molecular flexibility index (Phi) is 6.63. The average molecular weight is 476 g/mol. The second-order valence-electron chi connectivity index (χ2n) is 8.53. The number of benzene rings is 3. The second kappa shape index (κ2) is 10.1. The van der Waals surface area contributed by atoms with Crippen molar-refractivity contribution in [3.05, 3.63) is 90.2 Å². The van der Waals surface area contributed by atoms with Gasteiger partial charge in [-0.05, 0) is 42.0 Å². The Morgan fingerprint density at radius 2 is 1.51 bits per heavy atom. The summed E-state index contributed by atoms with van der Waals surface area (Å²) in [6, 6.07) is 22.0. The first-order chi connectivity index (χ1) is 17.1. The number of carbonyl (C=O) groups excluding carboxylic acids is 2. The van der Waals surface area contributed by atoms with E-state index in [1.807, 2.05) is 48.5 Å². The molecule has 1 fully saturated rings. The van der Waals surface area contributed by atoms with Crippen LogP contribution in [0.1, 0.15) is 11.6 Å². The molecule has 0 spiro atoms. The van der Waals surface area contributed by atoms with Gasteiger partial charge in [0.1, 0.15) is 18.5 Å². The summed E-state index contributed by atoms with van der Waals surface area (Å²) in [5, 5.41) is 2.90. The fourth-order valence-electron chi connectivity index (χ4n) is 4.45. The molecule has 0 aromatic heterocycles. The molecule has 1 N–H and O–H groups in total. The molecule has 2 heterocycles. The van der Waals surface area contributed by atoms with Gasteiger partial charge in [-0.15, -0.1) is 0 Å². The van der Waals surface area contributed by atoms with Crippen LogP contribution in [0.3, 0.4) is 0 Å². The van der Waals surface area contributed by atoms with Crippen molar-refractivity contribution in [2.24, 2.45) is 0 Å². The number of piperazine rings is 1. The van der Waals surface area contributed by atoms with Crippen molar-refractivity contribution in [2.75, 3.05) is 38.1 Å². The van der Waals surface area contributed by atoms with Crippen LogP contribution in [-0.2, 0) is 9.59 Å². The molecule has 8 heteroatoms. The molecular formula is C27H26FN3O4. The predicted molar refractivity (Wildman–Crippen MR) is 129 cm³/mol. The monoisotopic (exact) mass is 475 g/mol. The molecule has 0 radical (unpaired) electrons. The lowest BCUT2D eigenvalue weighted by Gasteiger charge is -2.40. The van der Waals surface area contributed by atoms with Crippen molar-refractivity contribution < 1.29 is 23.5 Å². The number of ether oxygens (including phenoxy) is 2. The molecule has 0 saturated carbocycles. The van der Waals surface area contributed by atoms with Crippen molar-refractivity contribution in [3.8, 4) is 11.5 Å². The molecule has 1 saturated heterocycles. The van der Waals surface area contributed by atoms with Gasteiger partial charge in [0.2, 0.25) is 12.0 Å². The van der Waals surface area contributed by atoms with Gasteiger partial charge in [-0.3, -0.25) is 14.5 Å². The van der Waals surface area contributed by atoms with E-state index >= 15 is 0 Å². The number of rotatable bonds is 5. The number of amides is 2. The Hall–Kier alpha value is -3.91. The zero-order chi connectivity index (χ0) is 24.2. The largest absolute Gasteiger partial charge is 0.485 e. The highest BCUT2D eigenvalue weighted by Gasteiger charge is 2.35. The van der Waals surface area contributed by atoms with Crippen LogP contribution in [-0.4, -0.2) is 60.5 Å². The molecule has 2 atom stereocenters. The summed E-state index contributed by atoms with van der Waals surface area (Å²) in [6.45, 7) is 2.14. The Morgan fingerprint density at radius 1 is 0.857 bits per heavy atom. The molecule has 0 unspecified atom stereocenters. The second-order valence-corrected chi connectivity index (χ2v) is 8.53. The normalized spacial score (nSPS) is 18.5. The van der Waals surface area contributed by atoms with E-state index in [0.29, 0.717) is 43.4 Å². The van der Waals surface area contributed by atoms with Crippen LogP contribution in [0.15, 0.2) is 78.9 Å². The van der Waals surface area contributed by atoms with Gasteiger partial charge in [0.15, 0.2) is 11.5 Å². The maximum atomic E-state index is 13.3. The van der Waals surface area contributed by atoms with Crippen molar-refractivity contribution in [1.29, 1.82) is 0 Å². The van der Waals surface area contributed by atoms with E-state index in [0.717, 1.165) is 5.56 Å². The minimum Gasteiger partial charge on any atom is -0.485 e. The number of halogens is 1. The van der Waals surface area contributed by atoms with Gasteiger partial charge in [-0.1, -0.05) is 42.5 Å². The predicted octanol–water partition coefficient (Wildman–Crippen LogP) is 3.49. The summed E-state index contributed by atoms with van der Waals surface area (Å²) in [6.07, 6.45) is -0.692. The third-order valence-electron chi connectivity index (χ3n) is 6.25. The van der Waals surface area contributed by atoms with Gasteiger partial charge in [0, 0.05) is 31.9 Å². The summed E-state index contributed by atoms with van der Waals surface area (Å²) in [5.74, 6) is 0.519. The van der Waals surface area contributed by atoms with Gasteiger partial charge in [-0.2, -0.15) is 0 Å². The van der Waals surface area contributed by atoms with E-state index in [4.69, 9.17) is 9.47 Å². The molecule has 3 aromatic rings. The lowest BCUT2D eigenvalue weighted by molar-refractivity contribution is -0.143. The molecule has 2 amide bonds. The first kappa shape index (κ1) is 22.9. The highest BCUT2D eigenvalue weighted by molar-refractivity contribution is 5.95. The van der Waals surface area contributed by atoms with Crippen molar-refractivity contribution in [1.82, 2.24) is 9.80 Å². The molecular weight excluding hydrogens is 449 g/mol. The van der Waals surface area contributed by atoms with E-state index < -0.39 is 12.1 Å². The number of anilines is 1. The van der Waals surface area contributed by atoms with Crippen LogP contribution in [0.5, 0.6) is 11.5 Å². The maximum absolute atomic E-state index is 13.3. The molecule has 3 aromatic carbocycles. The highest BCUT2D eigenvalue weighted by Crippen LogP contribution is 2.31. The molecule has 35 heavy (non-hydrogen) atoms. The lowest BCUT2D eigenvalue weighted by Crippen LogP contribution is -2.55. The van der Waals surface area contributed by atoms with Gasteiger partial charge < -0.3 is 19.7 Å². The minimum absolute atomic E-state index is 0.119. The third-order valence-corrected chi connectivity index (χ3v) is 6.25. The van der Waals surface area contributed by atoms with Crippen LogP contribution in [0.2, 0.25) is 0 Å². The topological polar surface area (TPSA) is 71.1 Å². The standard InChI is InChI=1S/C27H26FN3O4/c28-20-10-12-21(13-11-20)29-26(32)25(19-6-2-1-3-7-19)30-14-16-31(17-15-30)27(33)24-18-34-22-8-4-5-9-23(22)35-24/h1-13,24-25H,14-18H2,(H,29,32)/t24-,25+/m0/s1. The molecule has 5 rings (SSSR count). The van der Waals surface area contributed by atoms with Crippen molar-refractivity contribution >= 4 is 17.5 Å². The Bertz CT molecular complexity index is 1180. The van der Waals surface area contributed by atoms with E-state index in [1.165, 1.54) is 24.3 Å². The number of carbonyl (C=O) groups is 2. The quantitative estimate of drug-likeness (QED) is 0.612. The first-order valence-electron chi connectivity index (χ1n) is 11.6. The van der Waals surface area contributed by atoms with Crippen molar-refractivity contribution in [3.63, 3.8) is 0 Å². The highest BCUT2D eigenvalue weighted by atomic mass is 19.1. The van der Waals surface area contributed by atoms with E-state index in [-0.39, 0.29) is 24.2 Å². The summed E-state index contributed by atoms with van der Waals surface area (Å²) < 4.78 is 24.9. The smallest absolute Gasteiger partial charge is 0.267 e.